The Morgan fingerprint density at radius 1 is 1.41 bits per heavy atom. The Balaban J connectivity index is 1.54. The van der Waals surface area contributed by atoms with Gasteiger partial charge in [0, 0.05) is 54.4 Å². The highest BCUT2D eigenvalue weighted by Gasteiger charge is 2.40. The monoisotopic (exact) mass is 390 g/mol. The number of amides is 2. The summed E-state index contributed by atoms with van der Waals surface area (Å²) in [6, 6.07) is 5.38. The van der Waals surface area contributed by atoms with Crippen LogP contribution in [0.2, 0.25) is 0 Å². The molecule has 2 aromatic rings. The molecule has 148 valence electrons. The Kier molecular flexibility index (Phi) is 4.54. The van der Waals surface area contributed by atoms with Crippen molar-refractivity contribution in [2.24, 2.45) is 0 Å². The first kappa shape index (κ1) is 18.7. The smallest absolute Gasteiger partial charge is 0.255 e. The van der Waals surface area contributed by atoms with Gasteiger partial charge in [0.05, 0.1) is 11.7 Å². The maximum Gasteiger partial charge on any atom is 0.255 e. The highest BCUT2D eigenvalue weighted by Crippen LogP contribution is 2.31. The summed E-state index contributed by atoms with van der Waals surface area (Å²) in [5.41, 5.74) is 10.2. The fourth-order valence-electron chi connectivity index (χ4n) is 3.74. The lowest BCUT2D eigenvalue weighted by atomic mass is 10.1. The van der Waals surface area contributed by atoms with Gasteiger partial charge in [0.1, 0.15) is 5.82 Å². The van der Waals surface area contributed by atoms with E-state index in [-0.39, 0.29) is 17.9 Å². The lowest BCUT2D eigenvalue weighted by Crippen LogP contribution is -2.60. The van der Waals surface area contributed by atoms with E-state index in [1.165, 1.54) is 12.3 Å². The summed E-state index contributed by atoms with van der Waals surface area (Å²) >= 11 is 0. The third-order valence-electron chi connectivity index (χ3n) is 5.49. The van der Waals surface area contributed by atoms with Crippen molar-refractivity contribution in [3.63, 3.8) is 0 Å². The van der Waals surface area contributed by atoms with Crippen LogP contribution in [-0.4, -0.2) is 51.9 Å². The van der Waals surface area contributed by atoms with E-state index < -0.39 is 0 Å². The molecule has 1 aromatic heterocycles. The first-order valence-electron chi connectivity index (χ1n) is 9.30. The van der Waals surface area contributed by atoms with Crippen LogP contribution >= 0.6 is 0 Å². The number of benzene rings is 1. The Hall–Kier alpha value is -3.68. The Labute approximate surface area is 168 Å². The lowest BCUT2D eigenvalue weighted by Gasteiger charge is -2.43. The van der Waals surface area contributed by atoms with Crippen LogP contribution in [0.5, 0.6) is 0 Å². The van der Waals surface area contributed by atoms with Gasteiger partial charge in [-0.05, 0) is 30.7 Å². The molecule has 2 aliphatic rings. The van der Waals surface area contributed by atoms with Crippen LogP contribution in [0.25, 0.3) is 0 Å². The van der Waals surface area contributed by atoms with Gasteiger partial charge in [0.2, 0.25) is 5.91 Å². The van der Waals surface area contributed by atoms with Crippen LogP contribution in [0.4, 0.5) is 17.2 Å². The van der Waals surface area contributed by atoms with Crippen LogP contribution in [0.15, 0.2) is 37.1 Å². The van der Waals surface area contributed by atoms with E-state index in [9.17, 15) is 9.59 Å². The van der Waals surface area contributed by atoms with Crippen molar-refractivity contribution in [3.8, 4) is 0 Å². The van der Waals surface area contributed by atoms with Crippen molar-refractivity contribution >= 4 is 35.2 Å². The first-order valence-corrected chi connectivity index (χ1v) is 9.30. The zero-order chi connectivity index (χ0) is 20.7. The van der Waals surface area contributed by atoms with Gasteiger partial charge in [0.25, 0.3) is 5.91 Å². The molecule has 0 unspecified atom stereocenters. The topological polar surface area (TPSA) is 115 Å². The van der Waals surface area contributed by atoms with Gasteiger partial charge in [-0.3, -0.25) is 9.59 Å². The van der Waals surface area contributed by atoms with Crippen LogP contribution in [-0.2, 0) is 11.3 Å². The molecule has 8 heteroatoms. The van der Waals surface area contributed by atoms with Crippen molar-refractivity contribution in [1.82, 2.24) is 14.8 Å². The summed E-state index contributed by atoms with van der Waals surface area (Å²) in [4.78, 5) is 32.4. The van der Waals surface area contributed by atoms with Crippen molar-refractivity contribution in [3.05, 3.63) is 59.3 Å². The maximum absolute atomic E-state index is 12.9. The minimum absolute atomic E-state index is 0.0101. The minimum atomic E-state index is -0.113. The summed E-state index contributed by atoms with van der Waals surface area (Å²) < 4.78 is 0. The van der Waals surface area contributed by atoms with Gasteiger partial charge in [-0.1, -0.05) is 12.6 Å². The SMILES string of the molecule is C=CC(=O)N1CC(N2Cc3cnc(Nc4c(C)ccc(N)c4C=N)cc3C2=O)C1. The van der Waals surface area contributed by atoms with E-state index in [2.05, 4.69) is 16.9 Å². The number of anilines is 3. The fraction of sp³-hybridized carbons (Fsp3) is 0.238. The van der Waals surface area contributed by atoms with Crippen LogP contribution in [0, 0.1) is 12.3 Å². The molecule has 0 bridgehead atoms. The number of nitrogens with zero attached hydrogens (tertiary/aromatic N) is 3. The molecule has 0 atom stereocenters. The summed E-state index contributed by atoms with van der Waals surface area (Å²) in [6.07, 6.45) is 4.20. The molecule has 1 aromatic carbocycles. The average Bonchev–Trinajstić information content (AvgIpc) is 2.99. The summed E-state index contributed by atoms with van der Waals surface area (Å²) in [5.74, 6) is 0.351. The van der Waals surface area contributed by atoms with Crippen molar-refractivity contribution in [2.45, 2.75) is 19.5 Å². The number of carbonyl (C=O) groups excluding carboxylic acids is 2. The van der Waals surface area contributed by atoms with E-state index in [0.29, 0.717) is 48.0 Å². The zero-order valence-electron chi connectivity index (χ0n) is 16.1. The Bertz CT molecular complexity index is 1040. The third kappa shape index (κ3) is 3.12. The van der Waals surface area contributed by atoms with Crippen molar-refractivity contribution in [1.29, 1.82) is 5.41 Å². The lowest BCUT2D eigenvalue weighted by molar-refractivity contribution is -0.132. The van der Waals surface area contributed by atoms with Crippen LogP contribution in [0.3, 0.4) is 0 Å². The number of aryl methyl sites for hydroxylation is 1. The van der Waals surface area contributed by atoms with Gasteiger partial charge in [-0.25, -0.2) is 4.98 Å². The predicted octanol–water partition coefficient (Wildman–Crippen LogP) is 2.07. The number of aromatic nitrogens is 1. The molecule has 0 aliphatic carbocycles. The maximum atomic E-state index is 12.9. The molecule has 0 saturated carbocycles. The van der Waals surface area contributed by atoms with Gasteiger partial charge in [-0.15, -0.1) is 0 Å². The molecule has 2 amide bonds. The van der Waals surface area contributed by atoms with E-state index in [1.54, 1.807) is 28.1 Å². The predicted molar refractivity (Wildman–Crippen MR) is 111 cm³/mol. The number of likely N-dealkylation sites (tertiary alicyclic amines) is 1. The number of nitrogens with two attached hydrogens (primary N) is 1. The number of hydrogen-bond acceptors (Lipinski definition) is 6. The Morgan fingerprint density at radius 2 is 2.17 bits per heavy atom. The molecule has 8 nitrogen and oxygen atoms in total. The second-order valence-corrected chi connectivity index (χ2v) is 7.29. The van der Waals surface area contributed by atoms with Gasteiger partial charge < -0.3 is 26.3 Å². The molecule has 4 rings (SSSR count). The number of nitrogen functional groups attached to an aromatic ring is 1. The van der Waals surface area contributed by atoms with E-state index in [0.717, 1.165) is 11.1 Å². The van der Waals surface area contributed by atoms with Crippen molar-refractivity contribution in [2.75, 3.05) is 24.1 Å². The molecule has 1 fully saturated rings. The second kappa shape index (κ2) is 7.05. The summed E-state index contributed by atoms with van der Waals surface area (Å²) in [5, 5.41) is 10.9. The fourth-order valence-corrected chi connectivity index (χ4v) is 3.74. The number of fused-ring (bicyclic) bond motifs is 1. The molecule has 29 heavy (non-hydrogen) atoms. The quantitative estimate of drug-likeness (QED) is 0.411. The van der Waals surface area contributed by atoms with E-state index >= 15 is 0 Å². The van der Waals surface area contributed by atoms with Crippen LogP contribution < -0.4 is 11.1 Å². The highest BCUT2D eigenvalue weighted by molar-refractivity contribution is 6.00. The molecule has 3 heterocycles. The van der Waals surface area contributed by atoms with E-state index in [1.807, 2.05) is 13.0 Å². The van der Waals surface area contributed by atoms with Gasteiger partial charge >= 0.3 is 0 Å². The Morgan fingerprint density at radius 3 is 2.86 bits per heavy atom. The number of hydrogen-bond donors (Lipinski definition) is 3. The molecular weight excluding hydrogens is 368 g/mol. The average molecular weight is 390 g/mol. The van der Waals surface area contributed by atoms with E-state index in [4.69, 9.17) is 11.1 Å². The molecule has 2 aliphatic heterocycles. The number of carbonyl (C=O) groups is 2. The minimum Gasteiger partial charge on any atom is -0.398 e. The largest absolute Gasteiger partial charge is 0.398 e. The van der Waals surface area contributed by atoms with Gasteiger partial charge in [0.15, 0.2) is 0 Å². The highest BCUT2D eigenvalue weighted by atomic mass is 16.2. The third-order valence-corrected chi connectivity index (χ3v) is 5.49. The normalized spacial score (nSPS) is 15.7. The van der Waals surface area contributed by atoms with Crippen LogP contribution in [0.1, 0.15) is 27.0 Å². The number of rotatable bonds is 5. The molecule has 0 spiro atoms. The van der Waals surface area contributed by atoms with Gasteiger partial charge in [-0.2, -0.15) is 0 Å². The number of pyridine rings is 1. The summed E-state index contributed by atoms with van der Waals surface area (Å²) in [6.45, 7) is 6.95. The zero-order valence-corrected chi connectivity index (χ0v) is 16.1. The number of nitrogens with one attached hydrogen (secondary N) is 2. The second-order valence-electron chi connectivity index (χ2n) is 7.29. The van der Waals surface area contributed by atoms with Crippen molar-refractivity contribution < 1.29 is 9.59 Å². The molecule has 1 saturated heterocycles. The molecule has 0 radical (unpaired) electrons. The molecular formula is C21H22N6O2. The first-order chi connectivity index (χ1) is 13.9. The molecule has 4 N–H and O–H groups in total. The standard InChI is InChI=1S/C21H22N6O2/c1-3-19(28)26-10-14(11-26)27-9-13-8-24-18(6-15(13)21(27)29)25-20-12(2)4-5-17(23)16(20)7-22/h3-8,14,22H,1,9-11,23H2,2H3,(H,24,25). The summed E-state index contributed by atoms with van der Waals surface area (Å²) in [7, 11) is 0.